The van der Waals surface area contributed by atoms with Crippen molar-refractivity contribution in [3.05, 3.63) is 23.4 Å². The van der Waals surface area contributed by atoms with Gasteiger partial charge in [0.05, 0.1) is 5.56 Å². The number of carbonyl (C=O) groups excluding carboxylic acids is 1. The van der Waals surface area contributed by atoms with Crippen molar-refractivity contribution in [3.63, 3.8) is 0 Å². The van der Waals surface area contributed by atoms with Crippen LogP contribution in [0.4, 0.5) is 5.82 Å². The molecule has 82 valence electrons. The summed E-state index contributed by atoms with van der Waals surface area (Å²) in [5, 5.41) is 8.61. The zero-order valence-electron chi connectivity index (χ0n) is 8.30. The molecule has 0 aliphatic carbocycles. The zero-order chi connectivity index (χ0) is 11.8. The quantitative estimate of drug-likeness (QED) is 0.596. The monoisotopic (exact) mass is 211 g/mol. The van der Waals surface area contributed by atoms with Gasteiger partial charge in [-0.1, -0.05) is 6.92 Å². The molecule has 15 heavy (non-hydrogen) atoms. The summed E-state index contributed by atoms with van der Waals surface area (Å²) < 4.78 is 0. The first-order chi connectivity index (χ1) is 7.06. The molecular weight excluding hydrogens is 198 g/mol. The third-order valence-electron chi connectivity index (χ3n) is 1.63. The van der Waals surface area contributed by atoms with Crippen LogP contribution in [0.15, 0.2) is 12.3 Å². The van der Waals surface area contributed by atoms with Crippen LogP contribution in [0.2, 0.25) is 0 Å². The summed E-state index contributed by atoms with van der Waals surface area (Å²) in [6.45, 7) is 1.90. The third-order valence-corrected chi connectivity index (χ3v) is 1.63. The molecule has 1 aromatic rings. The number of aromatic carboxylic acids is 1. The molecule has 1 amide bonds. The number of hydrogen-bond acceptors (Lipinski definition) is 4. The van der Waals surface area contributed by atoms with Crippen molar-refractivity contribution < 1.29 is 14.7 Å². The Labute approximate surface area is 86.9 Å². The predicted molar refractivity (Wildman–Crippen MR) is 55.2 cm³/mol. The SMILES string of the molecule is CCc1cc(C(=O)O)cnc1N.NC=O. The van der Waals surface area contributed by atoms with E-state index in [2.05, 4.69) is 10.7 Å². The lowest BCUT2D eigenvalue weighted by Gasteiger charge is -2.01. The van der Waals surface area contributed by atoms with Crippen LogP contribution < -0.4 is 11.5 Å². The molecule has 0 aromatic carbocycles. The van der Waals surface area contributed by atoms with E-state index in [9.17, 15) is 4.79 Å². The summed E-state index contributed by atoms with van der Waals surface area (Å²) in [4.78, 5) is 22.9. The molecule has 6 nitrogen and oxygen atoms in total. The fourth-order valence-corrected chi connectivity index (χ4v) is 0.921. The lowest BCUT2D eigenvalue weighted by molar-refractivity contribution is -0.106. The van der Waals surface area contributed by atoms with Crippen molar-refractivity contribution in [1.82, 2.24) is 4.98 Å². The van der Waals surface area contributed by atoms with Crippen molar-refractivity contribution in [3.8, 4) is 0 Å². The molecule has 0 saturated carbocycles. The van der Waals surface area contributed by atoms with Gasteiger partial charge in [-0.2, -0.15) is 0 Å². The Hall–Kier alpha value is -2.11. The molecule has 0 aliphatic heterocycles. The van der Waals surface area contributed by atoms with Gasteiger partial charge in [-0.25, -0.2) is 9.78 Å². The van der Waals surface area contributed by atoms with Gasteiger partial charge in [0.1, 0.15) is 5.82 Å². The molecule has 1 aromatic heterocycles. The van der Waals surface area contributed by atoms with E-state index >= 15 is 0 Å². The van der Waals surface area contributed by atoms with Crippen LogP contribution in [0.3, 0.4) is 0 Å². The van der Waals surface area contributed by atoms with E-state index in [1.165, 1.54) is 6.20 Å². The van der Waals surface area contributed by atoms with E-state index < -0.39 is 5.97 Å². The summed E-state index contributed by atoms with van der Waals surface area (Å²) in [7, 11) is 0. The van der Waals surface area contributed by atoms with Gasteiger partial charge in [-0.05, 0) is 18.1 Å². The highest BCUT2D eigenvalue weighted by Crippen LogP contribution is 2.10. The summed E-state index contributed by atoms with van der Waals surface area (Å²) in [6, 6.07) is 1.55. The van der Waals surface area contributed by atoms with Crippen LogP contribution in [0.1, 0.15) is 22.8 Å². The summed E-state index contributed by atoms with van der Waals surface area (Å²) in [6.07, 6.45) is 2.21. The molecule has 0 spiro atoms. The van der Waals surface area contributed by atoms with Crippen LogP contribution in [-0.4, -0.2) is 22.5 Å². The maximum atomic E-state index is 10.5. The number of carboxylic acids is 1. The Balaban J connectivity index is 0.000000583. The van der Waals surface area contributed by atoms with E-state index in [4.69, 9.17) is 15.6 Å². The number of carbonyl (C=O) groups is 2. The van der Waals surface area contributed by atoms with Crippen LogP contribution >= 0.6 is 0 Å². The lowest BCUT2D eigenvalue weighted by Crippen LogP contribution is -2.02. The normalized spacial score (nSPS) is 8.60. The highest BCUT2D eigenvalue weighted by molar-refractivity contribution is 5.87. The Morgan fingerprint density at radius 2 is 2.20 bits per heavy atom. The molecule has 0 radical (unpaired) electrons. The number of nitrogen functional groups attached to an aromatic ring is 1. The van der Waals surface area contributed by atoms with Crippen molar-refractivity contribution in [2.75, 3.05) is 5.73 Å². The van der Waals surface area contributed by atoms with E-state index in [1.807, 2.05) is 6.92 Å². The van der Waals surface area contributed by atoms with Gasteiger partial charge >= 0.3 is 5.97 Å². The number of nitrogens with zero attached hydrogens (tertiary/aromatic N) is 1. The number of carboxylic acid groups (broad SMARTS) is 1. The van der Waals surface area contributed by atoms with E-state index in [0.717, 1.165) is 5.56 Å². The second kappa shape index (κ2) is 6.36. The topological polar surface area (TPSA) is 119 Å². The molecule has 0 bridgehead atoms. The first kappa shape index (κ1) is 12.9. The number of amides is 1. The van der Waals surface area contributed by atoms with Crippen LogP contribution in [0, 0.1) is 0 Å². The van der Waals surface area contributed by atoms with Crippen molar-refractivity contribution in [1.29, 1.82) is 0 Å². The number of rotatable bonds is 2. The molecule has 5 N–H and O–H groups in total. The lowest BCUT2D eigenvalue weighted by atomic mass is 10.1. The van der Waals surface area contributed by atoms with Gasteiger partial charge in [0.25, 0.3) is 0 Å². The average Bonchev–Trinajstić information content (AvgIpc) is 2.19. The number of anilines is 1. The molecule has 0 fully saturated rings. The van der Waals surface area contributed by atoms with Gasteiger partial charge in [-0.3, -0.25) is 4.79 Å². The Morgan fingerprint density at radius 1 is 1.67 bits per heavy atom. The van der Waals surface area contributed by atoms with Crippen LogP contribution in [-0.2, 0) is 11.2 Å². The first-order valence-corrected chi connectivity index (χ1v) is 4.19. The second-order valence-electron chi connectivity index (χ2n) is 2.56. The molecule has 1 rings (SSSR count). The smallest absolute Gasteiger partial charge is 0.337 e. The minimum atomic E-state index is -0.975. The van der Waals surface area contributed by atoms with Crippen molar-refractivity contribution in [2.24, 2.45) is 5.73 Å². The molecule has 0 unspecified atom stereocenters. The maximum Gasteiger partial charge on any atom is 0.337 e. The van der Waals surface area contributed by atoms with Gasteiger partial charge in [0, 0.05) is 6.20 Å². The Bertz CT molecular complexity index is 352. The Morgan fingerprint density at radius 3 is 2.60 bits per heavy atom. The third kappa shape index (κ3) is 4.08. The van der Waals surface area contributed by atoms with Gasteiger partial charge in [-0.15, -0.1) is 0 Å². The largest absolute Gasteiger partial charge is 0.478 e. The summed E-state index contributed by atoms with van der Waals surface area (Å²) in [5.74, 6) is -0.570. The molecule has 0 saturated heterocycles. The number of hydrogen-bond donors (Lipinski definition) is 3. The first-order valence-electron chi connectivity index (χ1n) is 4.19. The van der Waals surface area contributed by atoms with Crippen LogP contribution in [0.25, 0.3) is 0 Å². The number of pyridine rings is 1. The number of primary amides is 1. The molecule has 0 aliphatic rings. The fourth-order valence-electron chi connectivity index (χ4n) is 0.921. The summed E-state index contributed by atoms with van der Waals surface area (Å²) >= 11 is 0. The minimum absolute atomic E-state index is 0.182. The van der Waals surface area contributed by atoms with E-state index in [-0.39, 0.29) is 12.0 Å². The standard InChI is InChI=1S/C8H10N2O2.CH3NO/c1-2-5-3-6(8(11)12)4-10-7(5)9;2-1-3/h3-4H,2H2,1H3,(H2,9,10)(H,11,12);1H,(H2,2,3). The molecule has 6 heteroatoms. The van der Waals surface area contributed by atoms with E-state index in [1.54, 1.807) is 6.07 Å². The highest BCUT2D eigenvalue weighted by atomic mass is 16.4. The maximum absolute atomic E-state index is 10.5. The van der Waals surface area contributed by atoms with Gasteiger partial charge in [0.2, 0.25) is 6.41 Å². The molecule has 1 heterocycles. The minimum Gasteiger partial charge on any atom is -0.478 e. The van der Waals surface area contributed by atoms with E-state index in [0.29, 0.717) is 12.2 Å². The van der Waals surface area contributed by atoms with Crippen LogP contribution in [0.5, 0.6) is 0 Å². The van der Waals surface area contributed by atoms with Crippen molar-refractivity contribution in [2.45, 2.75) is 13.3 Å². The predicted octanol–water partition coefficient (Wildman–Crippen LogP) is 0.0259. The van der Waals surface area contributed by atoms with Gasteiger partial charge in [0.15, 0.2) is 0 Å². The molecule has 0 atom stereocenters. The van der Waals surface area contributed by atoms with Gasteiger partial charge < -0.3 is 16.6 Å². The van der Waals surface area contributed by atoms with Crippen molar-refractivity contribution >= 4 is 18.2 Å². The number of aryl methyl sites for hydroxylation is 1. The number of aromatic nitrogens is 1. The average molecular weight is 211 g/mol. The highest BCUT2D eigenvalue weighted by Gasteiger charge is 2.05. The zero-order valence-corrected chi connectivity index (χ0v) is 8.30. The fraction of sp³-hybridized carbons (Fsp3) is 0.222. The number of nitrogens with two attached hydrogens (primary N) is 2. The second-order valence-corrected chi connectivity index (χ2v) is 2.56. The summed E-state index contributed by atoms with van der Waals surface area (Å²) in [5.41, 5.74) is 10.6. The Kier molecular flexibility index (Phi) is 5.47. The molecular formula is C9H13N3O3.